The molecule has 1 N–H and O–H groups in total. The molecule has 2 saturated heterocycles. The van der Waals surface area contributed by atoms with Crippen molar-refractivity contribution in [3.05, 3.63) is 35.9 Å². The summed E-state index contributed by atoms with van der Waals surface area (Å²) in [5.41, 5.74) is 1.39. The van der Waals surface area contributed by atoms with Gasteiger partial charge in [0.2, 0.25) is 0 Å². The van der Waals surface area contributed by atoms with Gasteiger partial charge in [0, 0.05) is 50.9 Å². The van der Waals surface area contributed by atoms with Crippen LogP contribution in [0.3, 0.4) is 0 Å². The third-order valence-corrected chi connectivity index (χ3v) is 6.02. The van der Waals surface area contributed by atoms with Crippen LogP contribution in [0.5, 0.6) is 0 Å². The lowest BCUT2D eigenvalue weighted by molar-refractivity contribution is -0.0000288. The summed E-state index contributed by atoms with van der Waals surface area (Å²) in [4.78, 5) is 7.88. The highest BCUT2D eigenvalue weighted by molar-refractivity contribution is 5.14. The van der Waals surface area contributed by atoms with E-state index in [1.165, 1.54) is 31.5 Å². The van der Waals surface area contributed by atoms with Gasteiger partial charge in [-0.1, -0.05) is 30.3 Å². The molecular formula is C21H35N3O. The van der Waals surface area contributed by atoms with Gasteiger partial charge in [0.25, 0.3) is 0 Å². The summed E-state index contributed by atoms with van der Waals surface area (Å²) in [5, 5.41) is 9.57. The van der Waals surface area contributed by atoms with Gasteiger partial charge in [-0.05, 0) is 51.8 Å². The van der Waals surface area contributed by atoms with Gasteiger partial charge in [-0.15, -0.1) is 0 Å². The molecule has 0 radical (unpaired) electrons. The number of rotatable bonds is 6. The molecule has 2 aliphatic heterocycles. The first-order chi connectivity index (χ1) is 12.2. The van der Waals surface area contributed by atoms with Gasteiger partial charge in [-0.25, -0.2) is 0 Å². The molecule has 3 rings (SSSR count). The zero-order valence-electron chi connectivity index (χ0n) is 16.0. The molecule has 0 aromatic heterocycles. The van der Waals surface area contributed by atoms with Gasteiger partial charge in [-0.2, -0.15) is 0 Å². The number of aliphatic hydroxyl groups is 1. The molecule has 4 heteroatoms. The Hall–Kier alpha value is -0.940. The van der Waals surface area contributed by atoms with E-state index in [0.717, 1.165) is 32.6 Å². The van der Waals surface area contributed by atoms with Gasteiger partial charge < -0.3 is 10.0 Å². The number of nitrogens with zero attached hydrogens (tertiary/aromatic N) is 3. The molecule has 25 heavy (non-hydrogen) atoms. The Morgan fingerprint density at radius 2 is 1.76 bits per heavy atom. The molecule has 0 aliphatic carbocycles. The fraction of sp³-hybridized carbons (Fsp3) is 0.714. The zero-order valence-corrected chi connectivity index (χ0v) is 16.0. The second kappa shape index (κ2) is 9.13. The Morgan fingerprint density at radius 1 is 1.04 bits per heavy atom. The monoisotopic (exact) mass is 345 g/mol. The number of piperazine rings is 1. The first kappa shape index (κ1) is 18.8. The normalized spacial score (nSPS) is 24.9. The van der Waals surface area contributed by atoms with Crippen LogP contribution in [0, 0.1) is 0 Å². The minimum atomic E-state index is 0.297. The van der Waals surface area contributed by atoms with Crippen LogP contribution in [0.25, 0.3) is 0 Å². The maximum absolute atomic E-state index is 9.57. The highest BCUT2D eigenvalue weighted by Gasteiger charge is 2.33. The zero-order chi connectivity index (χ0) is 17.6. The molecule has 2 fully saturated rings. The fourth-order valence-corrected chi connectivity index (χ4v) is 4.54. The SMILES string of the molecule is CC(C)N1CCC(N2CCN(Cc3ccccc3)CC2CCO)CC1. The Bertz CT molecular complexity index is 499. The van der Waals surface area contributed by atoms with E-state index in [4.69, 9.17) is 0 Å². The number of hydrogen-bond acceptors (Lipinski definition) is 4. The quantitative estimate of drug-likeness (QED) is 0.858. The molecule has 1 atom stereocenters. The van der Waals surface area contributed by atoms with Crippen LogP contribution in [-0.4, -0.2) is 77.3 Å². The highest BCUT2D eigenvalue weighted by Crippen LogP contribution is 2.24. The summed E-state index contributed by atoms with van der Waals surface area (Å²) in [6.07, 6.45) is 3.45. The van der Waals surface area contributed by atoms with E-state index < -0.39 is 0 Å². The minimum absolute atomic E-state index is 0.297. The number of aliphatic hydroxyl groups excluding tert-OH is 1. The summed E-state index contributed by atoms with van der Waals surface area (Å²) < 4.78 is 0. The second-order valence-corrected chi connectivity index (χ2v) is 7.99. The van der Waals surface area contributed by atoms with E-state index in [0.29, 0.717) is 24.7 Å². The van der Waals surface area contributed by atoms with Crippen molar-refractivity contribution < 1.29 is 5.11 Å². The predicted octanol–water partition coefficient (Wildman–Crippen LogP) is 2.43. The second-order valence-electron chi connectivity index (χ2n) is 7.99. The molecule has 2 heterocycles. The van der Waals surface area contributed by atoms with Crippen LogP contribution in [-0.2, 0) is 6.54 Å². The first-order valence-electron chi connectivity index (χ1n) is 10.0. The van der Waals surface area contributed by atoms with E-state index in [1.54, 1.807) is 0 Å². The number of benzene rings is 1. The van der Waals surface area contributed by atoms with Crippen LogP contribution >= 0.6 is 0 Å². The maximum atomic E-state index is 9.57. The molecule has 4 nitrogen and oxygen atoms in total. The van der Waals surface area contributed by atoms with E-state index >= 15 is 0 Å². The van der Waals surface area contributed by atoms with Crippen molar-refractivity contribution >= 4 is 0 Å². The molecule has 1 unspecified atom stereocenters. The van der Waals surface area contributed by atoms with Crippen molar-refractivity contribution in [1.29, 1.82) is 0 Å². The number of piperidine rings is 1. The summed E-state index contributed by atoms with van der Waals surface area (Å²) in [5.74, 6) is 0. The molecule has 0 bridgehead atoms. The van der Waals surface area contributed by atoms with Gasteiger partial charge in [0.1, 0.15) is 0 Å². The summed E-state index contributed by atoms with van der Waals surface area (Å²) in [6.45, 7) is 11.7. The van der Waals surface area contributed by atoms with E-state index in [2.05, 4.69) is 58.9 Å². The molecular weight excluding hydrogens is 310 g/mol. The molecule has 2 aliphatic rings. The topological polar surface area (TPSA) is 30.0 Å². The Morgan fingerprint density at radius 3 is 2.40 bits per heavy atom. The third kappa shape index (κ3) is 5.04. The van der Waals surface area contributed by atoms with Crippen molar-refractivity contribution in [3.63, 3.8) is 0 Å². The Labute approximate surface area is 153 Å². The minimum Gasteiger partial charge on any atom is -0.396 e. The van der Waals surface area contributed by atoms with Crippen LogP contribution in [0.15, 0.2) is 30.3 Å². The Kier molecular flexibility index (Phi) is 6.88. The van der Waals surface area contributed by atoms with Crippen LogP contribution in [0.2, 0.25) is 0 Å². The lowest BCUT2D eigenvalue weighted by Gasteiger charge is -2.48. The third-order valence-electron chi connectivity index (χ3n) is 6.02. The predicted molar refractivity (Wildman–Crippen MR) is 104 cm³/mol. The van der Waals surface area contributed by atoms with Crippen molar-refractivity contribution in [1.82, 2.24) is 14.7 Å². The smallest absolute Gasteiger partial charge is 0.0446 e. The first-order valence-corrected chi connectivity index (χ1v) is 10.0. The van der Waals surface area contributed by atoms with E-state index in [1.807, 2.05) is 0 Å². The van der Waals surface area contributed by atoms with Crippen LogP contribution < -0.4 is 0 Å². The van der Waals surface area contributed by atoms with Crippen LogP contribution in [0.1, 0.15) is 38.7 Å². The largest absolute Gasteiger partial charge is 0.396 e. The summed E-state index contributed by atoms with van der Waals surface area (Å²) in [6, 6.07) is 12.6. The lowest BCUT2D eigenvalue weighted by Crippen LogP contribution is -2.58. The molecule has 1 aromatic carbocycles. The molecule has 0 spiro atoms. The number of likely N-dealkylation sites (tertiary alicyclic amines) is 1. The average Bonchev–Trinajstić information content (AvgIpc) is 2.63. The standard InChI is InChI=1S/C21H35N3O/c1-18(2)23-11-8-20(9-12-23)24-14-13-22(17-21(24)10-15-25)16-19-6-4-3-5-7-19/h3-7,18,20-21,25H,8-17H2,1-2H3. The van der Waals surface area contributed by atoms with E-state index in [-0.39, 0.29) is 0 Å². The fourth-order valence-electron chi connectivity index (χ4n) is 4.54. The van der Waals surface area contributed by atoms with Crippen LogP contribution in [0.4, 0.5) is 0 Å². The molecule has 0 amide bonds. The summed E-state index contributed by atoms with van der Waals surface area (Å²) >= 11 is 0. The van der Waals surface area contributed by atoms with Gasteiger partial charge in [-0.3, -0.25) is 9.80 Å². The Balaban J connectivity index is 1.56. The van der Waals surface area contributed by atoms with Crippen molar-refractivity contribution in [2.45, 2.75) is 57.8 Å². The van der Waals surface area contributed by atoms with Gasteiger partial charge >= 0.3 is 0 Å². The molecule has 0 saturated carbocycles. The molecule has 1 aromatic rings. The van der Waals surface area contributed by atoms with Gasteiger partial charge in [0.05, 0.1) is 0 Å². The van der Waals surface area contributed by atoms with Crippen molar-refractivity contribution in [2.24, 2.45) is 0 Å². The lowest BCUT2D eigenvalue weighted by atomic mass is 9.97. The van der Waals surface area contributed by atoms with Crippen molar-refractivity contribution in [2.75, 3.05) is 39.3 Å². The average molecular weight is 346 g/mol. The maximum Gasteiger partial charge on any atom is 0.0446 e. The highest BCUT2D eigenvalue weighted by atomic mass is 16.3. The van der Waals surface area contributed by atoms with Gasteiger partial charge in [0.15, 0.2) is 0 Å². The van der Waals surface area contributed by atoms with Crippen molar-refractivity contribution in [3.8, 4) is 0 Å². The molecule has 140 valence electrons. The van der Waals surface area contributed by atoms with E-state index in [9.17, 15) is 5.11 Å². The summed E-state index contributed by atoms with van der Waals surface area (Å²) in [7, 11) is 0. The number of hydrogen-bond donors (Lipinski definition) is 1.